The van der Waals surface area contributed by atoms with E-state index in [1.54, 1.807) is 11.3 Å². The summed E-state index contributed by atoms with van der Waals surface area (Å²) in [5.74, 6) is -1.01. The standard InChI is InChI=1S/C12H17NO2S/c14-12(15)10(11-4-3-9-16-11)5-8-13-6-1-2-7-13/h3-4,9-10H,1-2,5-8H2,(H,14,15). The van der Waals surface area contributed by atoms with E-state index in [9.17, 15) is 9.90 Å². The molecule has 1 aromatic heterocycles. The Bertz CT molecular complexity index is 331. The highest BCUT2D eigenvalue weighted by molar-refractivity contribution is 7.10. The second-order valence-electron chi connectivity index (χ2n) is 4.24. The number of nitrogens with zero attached hydrogens (tertiary/aromatic N) is 1. The van der Waals surface area contributed by atoms with Crippen molar-refractivity contribution in [1.29, 1.82) is 0 Å². The van der Waals surface area contributed by atoms with Gasteiger partial charge in [0.15, 0.2) is 0 Å². The lowest BCUT2D eigenvalue weighted by atomic mass is 10.0. The maximum Gasteiger partial charge on any atom is 0.311 e. The average Bonchev–Trinajstić information content (AvgIpc) is 2.88. The second kappa shape index (κ2) is 5.46. The van der Waals surface area contributed by atoms with Crippen molar-refractivity contribution in [3.05, 3.63) is 22.4 Å². The molecule has 0 amide bonds. The van der Waals surface area contributed by atoms with Gasteiger partial charge in [-0.3, -0.25) is 4.79 Å². The molecule has 0 radical (unpaired) electrons. The van der Waals surface area contributed by atoms with Gasteiger partial charge in [-0.05, 0) is 50.3 Å². The van der Waals surface area contributed by atoms with Crippen LogP contribution in [-0.4, -0.2) is 35.6 Å². The Balaban J connectivity index is 1.90. The van der Waals surface area contributed by atoms with Gasteiger partial charge in [0, 0.05) is 4.88 Å². The van der Waals surface area contributed by atoms with Gasteiger partial charge in [0.2, 0.25) is 0 Å². The van der Waals surface area contributed by atoms with E-state index in [0.29, 0.717) is 0 Å². The topological polar surface area (TPSA) is 40.5 Å². The minimum atomic E-state index is -0.693. The van der Waals surface area contributed by atoms with Crippen LogP contribution < -0.4 is 0 Å². The van der Waals surface area contributed by atoms with Crippen LogP contribution in [0.4, 0.5) is 0 Å². The number of carbonyl (C=O) groups is 1. The van der Waals surface area contributed by atoms with Crippen molar-refractivity contribution in [3.8, 4) is 0 Å². The molecule has 0 aromatic carbocycles. The number of carboxylic acids is 1. The lowest BCUT2D eigenvalue weighted by molar-refractivity contribution is -0.139. The molecular weight excluding hydrogens is 222 g/mol. The maximum absolute atomic E-state index is 11.2. The van der Waals surface area contributed by atoms with Gasteiger partial charge in [-0.25, -0.2) is 0 Å². The predicted molar refractivity (Wildman–Crippen MR) is 65.0 cm³/mol. The number of aliphatic carboxylic acids is 1. The van der Waals surface area contributed by atoms with Crippen LogP contribution in [0.1, 0.15) is 30.1 Å². The highest BCUT2D eigenvalue weighted by Crippen LogP contribution is 2.25. The van der Waals surface area contributed by atoms with Gasteiger partial charge in [-0.15, -0.1) is 11.3 Å². The first-order chi connectivity index (χ1) is 7.77. The molecule has 1 saturated heterocycles. The minimum absolute atomic E-state index is 0.319. The van der Waals surface area contributed by atoms with Crippen LogP contribution in [0, 0.1) is 0 Å². The van der Waals surface area contributed by atoms with Crippen molar-refractivity contribution >= 4 is 17.3 Å². The van der Waals surface area contributed by atoms with Crippen molar-refractivity contribution < 1.29 is 9.90 Å². The molecule has 1 aliphatic rings. The number of likely N-dealkylation sites (tertiary alicyclic amines) is 1. The van der Waals surface area contributed by atoms with Crippen LogP contribution in [-0.2, 0) is 4.79 Å². The summed E-state index contributed by atoms with van der Waals surface area (Å²) in [5, 5.41) is 11.2. The summed E-state index contributed by atoms with van der Waals surface area (Å²) in [5.41, 5.74) is 0. The maximum atomic E-state index is 11.2. The summed E-state index contributed by atoms with van der Waals surface area (Å²) < 4.78 is 0. The molecule has 1 N–H and O–H groups in total. The highest BCUT2D eigenvalue weighted by Gasteiger charge is 2.22. The fraction of sp³-hybridized carbons (Fsp3) is 0.583. The molecule has 1 aliphatic heterocycles. The minimum Gasteiger partial charge on any atom is -0.481 e. The van der Waals surface area contributed by atoms with E-state index >= 15 is 0 Å². The van der Waals surface area contributed by atoms with Crippen LogP contribution in [0.15, 0.2) is 17.5 Å². The van der Waals surface area contributed by atoms with Crippen LogP contribution >= 0.6 is 11.3 Å². The van der Waals surface area contributed by atoms with Crippen LogP contribution in [0.5, 0.6) is 0 Å². The quantitative estimate of drug-likeness (QED) is 0.857. The van der Waals surface area contributed by atoms with E-state index in [4.69, 9.17) is 0 Å². The summed E-state index contributed by atoms with van der Waals surface area (Å²) in [6.45, 7) is 3.18. The second-order valence-corrected chi connectivity index (χ2v) is 5.22. The highest BCUT2D eigenvalue weighted by atomic mass is 32.1. The zero-order valence-electron chi connectivity index (χ0n) is 9.26. The summed E-state index contributed by atoms with van der Waals surface area (Å²) in [6.07, 6.45) is 3.25. The van der Waals surface area contributed by atoms with Crippen molar-refractivity contribution in [1.82, 2.24) is 4.90 Å². The van der Waals surface area contributed by atoms with Crippen LogP contribution in [0.25, 0.3) is 0 Å². The summed E-state index contributed by atoms with van der Waals surface area (Å²) >= 11 is 1.54. The van der Waals surface area contributed by atoms with Crippen molar-refractivity contribution in [3.63, 3.8) is 0 Å². The number of hydrogen-bond acceptors (Lipinski definition) is 3. The van der Waals surface area contributed by atoms with Gasteiger partial charge in [0.1, 0.15) is 0 Å². The molecule has 1 fully saturated rings. The fourth-order valence-electron chi connectivity index (χ4n) is 2.19. The zero-order chi connectivity index (χ0) is 11.4. The first-order valence-electron chi connectivity index (χ1n) is 5.76. The Morgan fingerprint density at radius 2 is 2.25 bits per heavy atom. The molecule has 16 heavy (non-hydrogen) atoms. The van der Waals surface area contributed by atoms with E-state index in [1.165, 1.54) is 12.8 Å². The molecule has 0 aliphatic carbocycles. The number of rotatable bonds is 5. The monoisotopic (exact) mass is 239 g/mol. The third kappa shape index (κ3) is 2.83. The largest absolute Gasteiger partial charge is 0.481 e. The Morgan fingerprint density at radius 3 is 2.81 bits per heavy atom. The molecule has 88 valence electrons. The zero-order valence-corrected chi connectivity index (χ0v) is 10.1. The SMILES string of the molecule is O=C(O)C(CCN1CCCC1)c1cccs1. The molecule has 0 saturated carbocycles. The molecule has 1 unspecified atom stereocenters. The molecule has 4 heteroatoms. The Hall–Kier alpha value is -0.870. The lowest BCUT2D eigenvalue weighted by Crippen LogP contribution is -2.24. The number of thiophene rings is 1. The first kappa shape index (κ1) is 11.6. The van der Waals surface area contributed by atoms with Crippen molar-refractivity contribution in [2.45, 2.75) is 25.2 Å². The fourth-order valence-corrected chi connectivity index (χ4v) is 3.05. The normalized spacial score (nSPS) is 18.8. The predicted octanol–water partition coefficient (Wildman–Crippen LogP) is 2.40. The van der Waals surface area contributed by atoms with E-state index in [1.807, 2.05) is 17.5 Å². The smallest absolute Gasteiger partial charge is 0.311 e. The molecule has 3 nitrogen and oxygen atoms in total. The third-order valence-corrected chi connectivity index (χ3v) is 4.10. The van der Waals surface area contributed by atoms with Crippen molar-refractivity contribution in [2.75, 3.05) is 19.6 Å². The molecule has 1 aromatic rings. The molecular formula is C12H17NO2S. The molecule has 1 atom stereocenters. The van der Waals surface area contributed by atoms with Crippen LogP contribution in [0.2, 0.25) is 0 Å². The van der Waals surface area contributed by atoms with Gasteiger partial charge >= 0.3 is 5.97 Å². The van der Waals surface area contributed by atoms with Crippen LogP contribution in [0.3, 0.4) is 0 Å². The summed E-state index contributed by atoms with van der Waals surface area (Å²) in [7, 11) is 0. The van der Waals surface area contributed by atoms with Gasteiger partial charge in [0.25, 0.3) is 0 Å². The van der Waals surface area contributed by atoms with E-state index in [2.05, 4.69) is 4.90 Å². The van der Waals surface area contributed by atoms with Gasteiger partial charge in [-0.1, -0.05) is 6.07 Å². The van der Waals surface area contributed by atoms with Crippen molar-refractivity contribution in [2.24, 2.45) is 0 Å². The van der Waals surface area contributed by atoms with Gasteiger partial charge in [0.05, 0.1) is 5.92 Å². The lowest BCUT2D eigenvalue weighted by Gasteiger charge is -2.17. The molecule has 2 rings (SSSR count). The van der Waals surface area contributed by atoms with E-state index in [0.717, 1.165) is 30.9 Å². The summed E-state index contributed by atoms with van der Waals surface area (Å²) in [4.78, 5) is 14.5. The Labute approximate surface area is 99.7 Å². The van der Waals surface area contributed by atoms with E-state index < -0.39 is 5.97 Å². The summed E-state index contributed by atoms with van der Waals surface area (Å²) in [6, 6.07) is 3.85. The molecule has 0 bridgehead atoms. The molecule has 2 heterocycles. The Morgan fingerprint density at radius 1 is 1.50 bits per heavy atom. The third-order valence-electron chi connectivity index (χ3n) is 3.12. The van der Waals surface area contributed by atoms with E-state index in [-0.39, 0.29) is 5.92 Å². The average molecular weight is 239 g/mol. The molecule has 0 spiro atoms. The first-order valence-corrected chi connectivity index (χ1v) is 6.64. The Kier molecular flexibility index (Phi) is 3.96. The number of hydrogen-bond donors (Lipinski definition) is 1. The van der Waals surface area contributed by atoms with Gasteiger partial charge < -0.3 is 10.0 Å². The number of carboxylic acid groups (broad SMARTS) is 1. The van der Waals surface area contributed by atoms with Gasteiger partial charge in [-0.2, -0.15) is 0 Å².